The molecule has 1 aliphatic heterocycles. The second-order valence-corrected chi connectivity index (χ2v) is 7.71. The number of alkyl halides is 2. The van der Waals surface area contributed by atoms with Gasteiger partial charge in [0.15, 0.2) is 11.1 Å². The van der Waals surface area contributed by atoms with Crippen molar-refractivity contribution in [2.24, 2.45) is 10.7 Å². The minimum atomic E-state index is -3.54. The molecule has 7 nitrogen and oxygen atoms in total. The van der Waals surface area contributed by atoms with Crippen LogP contribution in [0.25, 0.3) is 4.85 Å². The molecular formula is C21H18F3N5O2. The molecule has 1 aromatic heterocycles. The van der Waals surface area contributed by atoms with Crippen LogP contribution in [0.15, 0.2) is 41.5 Å². The van der Waals surface area contributed by atoms with E-state index in [1.54, 1.807) is 0 Å². The molecule has 0 radical (unpaired) electrons. The molecular weight excluding hydrogens is 411 g/mol. The van der Waals surface area contributed by atoms with Gasteiger partial charge in [0.2, 0.25) is 5.69 Å². The predicted molar refractivity (Wildman–Crippen MR) is 106 cm³/mol. The summed E-state index contributed by atoms with van der Waals surface area (Å²) in [6.07, 6.45) is 1.93. The van der Waals surface area contributed by atoms with Crippen molar-refractivity contribution in [3.8, 4) is 0 Å². The van der Waals surface area contributed by atoms with E-state index in [0.717, 1.165) is 19.1 Å². The zero-order valence-electron chi connectivity index (χ0n) is 16.5. The summed E-state index contributed by atoms with van der Waals surface area (Å²) in [5, 5.41) is 2.51. The Balaban J connectivity index is 1.70. The second kappa shape index (κ2) is 6.97. The van der Waals surface area contributed by atoms with Crippen LogP contribution in [0.3, 0.4) is 0 Å². The zero-order chi connectivity index (χ0) is 22.4. The van der Waals surface area contributed by atoms with Crippen molar-refractivity contribution >= 4 is 23.3 Å². The lowest BCUT2D eigenvalue weighted by atomic mass is 9.66. The Labute approximate surface area is 176 Å². The van der Waals surface area contributed by atoms with Gasteiger partial charge in [-0.3, -0.25) is 9.78 Å². The van der Waals surface area contributed by atoms with Crippen molar-refractivity contribution < 1.29 is 22.7 Å². The maximum absolute atomic E-state index is 15.5. The SMILES string of the molecule is [C-]#[N+]c1ccc(C(=O)Nc2ccc(F)c([C@]3(C)N=C(N)OC4(CCC4)C3(F)F)c2)nc1. The highest BCUT2D eigenvalue weighted by atomic mass is 19.3. The Kier molecular flexibility index (Phi) is 4.65. The number of nitrogens with two attached hydrogens (primary N) is 1. The van der Waals surface area contributed by atoms with E-state index in [-0.39, 0.29) is 29.9 Å². The molecule has 0 unspecified atom stereocenters. The van der Waals surface area contributed by atoms with E-state index in [0.29, 0.717) is 6.42 Å². The van der Waals surface area contributed by atoms with Gasteiger partial charge in [-0.25, -0.2) is 14.2 Å². The molecule has 160 valence electrons. The summed E-state index contributed by atoms with van der Waals surface area (Å²) in [7, 11) is 0. The van der Waals surface area contributed by atoms with Gasteiger partial charge in [-0.2, -0.15) is 8.78 Å². The minimum Gasteiger partial charge on any atom is -0.452 e. The van der Waals surface area contributed by atoms with Crippen molar-refractivity contribution in [2.75, 3.05) is 5.32 Å². The highest BCUT2D eigenvalue weighted by molar-refractivity contribution is 6.03. The number of carbonyl (C=O) groups is 1. The highest BCUT2D eigenvalue weighted by Gasteiger charge is 2.71. The molecule has 0 saturated heterocycles. The number of amides is 1. The summed E-state index contributed by atoms with van der Waals surface area (Å²) < 4.78 is 51.1. The molecule has 31 heavy (non-hydrogen) atoms. The van der Waals surface area contributed by atoms with Crippen LogP contribution in [-0.2, 0) is 10.3 Å². The first kappa shape index (κ1) is 20.7. The Bertz CT molecular complexity index is 1120. The number of rotatable bonds is 3. The van der Waals surface area contributed by atoms with Gasteiger partial charge in [0.25, 0.3) is 11.9 Å². The van der Waals surface area contributed by atoms with E-state index in [1.807, 2.05) is 0 Å². The number of aromatic nitrogens is 1. The third-order valence-corrected chi connectivity index (χ3v) is 5.84. The Morgan fingerprint density at radius 3 is 2.61 bits per heavy atom. The van der Waals surface area contributed by atoms with Crippen molar-refractivity contribution in [2.45, 2.75) is 43.2 Å². The molecule has 2 aliphatic rings. The van der Waals surface area contributed by atoms with E-state index < -0.39 is 40.4 Å². The van der Waals surface area contributed by atoms with E-state index in [2.05, 4.69) is 20.1 Å². The lowest BCUT2D eigenvalue weighted by Crippen LogP contribution is -2.67. The second-order valence-electron chi connectivity index (χ2n) is 7.71. The first-order valence-electron chi connectivity index (χ1n) is 9.49. The molecule has 2 heterocycles. The zero-order valence-corrected chi connectivity index (χ0v) is 16.5. The van der Waals surface area contributed by atoms with Crippen LogP contribution in [0.5, 0.6) is 0 Å². The van der Waals surface area contributed by atoms with Gasteiger partial charge < -0.3 is 15.8 Å². The number of hydrogen-bond donors (Lipinski definition) is 2. The summed E-state index contributed by atoms with van der Waals surface area (Å²) in [6.45, 7) is 8.02. The molecule has 1 atom stereocenters. The molecule has 1 spiro atoms. The quantitative estimate of drug-likeness (QED) is 0.717. The number of carbonyl (C=O) groups excluding carboxylic acids is 1. The lowest BCUT2D eigenvalue weighted by Gasteiger charge is -2.54. The molecule has 1 amide bonds. The fourth-order valence-corrected chi connectivity index (χ4v) is 3.92. The lowest BCUT2D eigenvalue weighted by molar-refractivity contribution is -0.252. The van der Waals surface area contributed by atoms with Crippen LogP contribution < -0.4 is 11.1 Å². The Morgan fingerprint density at radius 2 is 2.03 bits per heavy atom. The van der Waals surface area contributed by atoms with Gasteiger partial charge in [-0.05, 0) is 50.5 Å². The van der Waals surface area contributed by atoms with E-state index >= 15 is 8.78 Å². The molecule has 10 heteroatoms. The largest absolute Gasteiger partial charge is 0.452 e. The number of amidine groups is 1. The van der Waals surface area contributed by atoms with Crippen LogP contribution in [0.4, 0.5) is 24.5 Å². The van der Waals surface area contributed by atoms with Crippen LogP contribution in [0, 0.1) is 12.4 Å². The summed E-state index contributed by atoms with van der Waals surface area (Å²) in [5.74, 6) is -5.09. The molecule has 3 N–H and O–H groups in total. The number of nitrogens with one attached hydrogen (secondary N) is 1. The highest BCUT2D eigenvalue weighted by Crippen LogP contribution is 2.58. The predicted octanol–water partition coefficient (Wildman–Crippen LogP) is 4.14. The number of anilines is 1. The first-order chi connectivity index (χ1) is 14.6. The van der Waals surface area contributed by atoms with Gasteiger partial charge in [-0.15, -0.1) is 0 Å². The maximum atomic E-state index is 15.5. The van der Waals surface area contributed by atoms with Crippen molar-refractivity contribution in [1.29, 1.82) is 0 Å². The summed E-state index contributed by atoms with van der Waals surface area (Å²) in [4.78, 5) is 23.3. The van der Waals surface area contributed by atoms with Gasteiger partial charge in [0.1, 0.15) is 11.5 Å². The summed E-state index contributed by atoms with van der Waals surface area (Å²) in [6, 6.07) is 5.69. The van der Waals surface area contributed by atoms with Crippen LogP contribution in [0.2, 0.25) is 0 Å². The minimum absolute atomic E-state index is 0.0107. The van der Waals surface area contributed by atoms with Crippen LogP contribution in [0.1, 0.15) is 42.2 Å². The molecule has 1 aromatic carbocycles. The van der Waals surface area contributed by atoms with E-state index in [4.69, 9.17) is 17.0 Å². The third kappa shape index (κ3) is 3.08. The van der Waals surface area contributed by atoms with Gasteiger partial charge in [0.05, 0.1) is 6.57 Å². The Morgan fingerprint density at radius 1 is 1.29 bits per heavy atom. The van der Waals surface area contributed by atoms with Crippen molar-refractivity contribution in [1.82, 2.24) is 4.98 Å². The molecule has 4 rings (SSSR count). The van der Waals surface area contributed by atoms with Crippen LogP contribution in [-0.4, -0.2) is 28.4 Å². The Hall–Kier alpha value is -3.61. The number of aliphatic imine (C=N–C) groups is 1. The fraction of sp³-hybridized carbons (Fsp3) is 0.333. The number of nitrogens with zero attached hydrogens (tertiary/aromatic N) is 3. The number of hydrogen-bond acceptors (Lipinski definition) is 5. The fourth-order valence-electron chi connectivity index (χ4n) is 3.92. The average Bonchev–Trinajstić information content (AvgIpc) is 2.71. The summed E-state index contributed by atoms with van der Waals surface area (Å²) in [5.41, 5.74) is 1.49. The standard InChI is InChI=1S/C21H18F3N5O2/c1-19(21(23,24)20(8-3-9-20)31-18(25)29-19)14-10-12(4-6-15(14)22)28-17(30)16-7-5-13(26-2)11-27-16/h4-7,10-11H,3,8-9H2,1H3,(H2,25,29)(H,28,30)/t19-/m0/s1. The molecule has 1 aliphatic carbocycles. The topological polar surface area (TPSA) is 94.0 Å². The maximum Gasteiger partial charge on any atom is 0.315 e. The van der Waals surface area contributed by atoms with Gasteiger partial charge in [0, 0.05) is 17.4 Å². The number of pyridine rings is 1. The molecule has 1 fully saturated rings. The molecule has 2 aromatic rings. The van der Waals surface area contributed by atoms with Crippen LogP contribution >= 0.6 is 0 Å². The number of halogens is 3. The monoisotopic (exact) mass is 429 g/mol. The van der Waals surface area contributed by atoms with Crippen molar-refractivity contribution in [3.05, 3.63) is 65.0 Å². The smallest absolute Gasteiger partial charge is 0.315 e. The van der Waals surface area contributed by atoms with E-state index in [9.17, 15) is 9.18 Å². The number of ether oxygens (including phenoxy) is 1. The first-order valence-corrected chi connectivity index (χ1v) is 9.49. The van der Waals surface area contributed by atoms with Gasteiger partial charge in [-0.1, -0.05) is 6.07 Å². The molecule has 0 bridgehead atoms. The third-order valence-electron chi connectivity index (χ3n) is 5.84. The number of benzene rings is 1. The van der Waals surface area contributed by atoms with Crippen molar-refractivity contribution in [3.63, 3.8) is 0 Å². The summed E-state index contributed by atoms with van der Waals surface area (Å²) >= 11 is 0. The molecule has 1 saturated carbocycles. The van der Waals surface area contributed by atoms with Gasteiger partial charge >= 0.3 is 5.92 Å². The average molecular weight is 429 g/mol. The van der Waals surface area contributed by atoms with E-state index in [1.165, 1.54) is 24.4 Å². The normalized spacial score (nSPS) is 23.1.